The molecule has 0 unspecified atom stereocenters. The molecule has 0 aliphatic rings. The van der Waals surface area contributed by atoms with Crippen molar-refractivity contribution in [3.05, 3.63) is 53.8 Å². The maximum absolute atomic E-state index is 13.5. The van der Waals surface area contributed by atoms with Crippen molar-refractivity contribution < 1.29 is 9.50 Å². The number of aromatic hydroxyl groups is 1. The number of hydrogen-bond donors (Lipinski definition) is 1. The van der Waals surface area contributed by atoms with E-state index in [-0.39, 0.29) is 11.3 Å². The molecular weight excluding hydrogens is 205 g/mol. The van der Waals surface area contributed by atoms with Crippen molar-refractivity contribution in [1.82, 2.24) is 0 Å². The Kier molecular flexibility index (Phi) is 2.57. The molecule has 0 atom stereocenters. The highest BCUT2D eigenvalue weighted by atomic mass is 19.1. The number of phenols is 1. The summed E-state index contributed by atoms with van der Waals surface area (Å²) in [6.07, 6.45) is 0. The summed E-state index contributed by atoms with van der Waals surface area (Å²) in [5, 5.41) is 18.4. The average Bonchev–Trinajstić information content (AvgIpc) is 2.31. The quantitative estimate of drug-likeness (QED) is 0.791. The summed E-state index contributed by atoms with van der Waals surface area (Å²) in [4.78, 5) is 0. The van der Waals surface area contributed by atoms with Crippen molar-refractivity contribution >= 4 is 0 Å². The topological polar surface area (TPSA) is 44.0 Å². The van der Waals surface area contributed by atoms with E-state index in [4.69, 9.17) is 5.26 Å². The van der Waals surface area contributed by atoms with Crippen LogP contribution >= 0.6 is 0 Å². The molecule has 2 aromatic carbocycles. The zero-order valence-corrected chi connectivity index (χ0v) is 8.31. The van der Waals surface area contributed by atoms with Crippen molar-refractivity contribution in [3.63, 3.8) is 0 Å². The third kappa shape index (κ3) is 1.73. The highest BCUT2D eigenvalue weighted by Gasteiger charge is 2.09. The van der Waals surface area contributed by atoms with E-state index in [1.54, 1.807) is 18.2 Å². The van der Waals surface area contributed by atoms with E-state index in [0.717, 1.165) is 0 Å². The van der Waals surface area contributed by atoms with Gasteiger partial charge in [-0.05, 0) is 24.3 Å². The van der Waals surface area contributed by atoms with Crippen LogP contribution in [0.5, 0.6) is 5.75 Å². The lowest BCUT2D eigenvalue weighted by Crippen LogP contribution is -1.85. The van der Waals surface area contributed by atoms with Gasteiger partial charge in [0.1, 0.15) is 11.6 Å². The first-order valence-corrected chi connectivity index (χ1v) is 4.70. The van der Waals surface area contributed by atoms with Gasteiger partial charge in [-0.15, -0.1) is 0 Å². The van der Waals surface area contributed by atoms with E-state index in [1.807, 2.05) is 6.07 Å². The molecule has 0 bridgehead atoms. The zero-order valence-electron chi connectivity index (χ0n) is 8.31. The van der Waals surface area contributed by atoms with Gasteiger partial charge < -0.3 is 5.11 Å². The minimum atomic E-state index is -0.423. The maximum atomic E-state index is 13.5. The Labute approximate surface area is 92.2 Å². The standard InChI is InChI=1S/C13H8FNO/c14-12-4-2-1-3-10(12)11-7-9(8-15)5-6-13(11)16/h1-7,16H. The molecular formula is C13H8FNO. The van der Waals surface area contributed by atoms with Crippen molar-refractivity contribution in [3.8, 4) is 22.9 Å². The fraction of sp³-hybridized carbons (Fsp3) is 0. The lowest BCUT2D eigenvalue weighted by Gasteiger charge is -2.06. The van der Waals surface area contributed by atoms with E-state index < -0.39 is 5.82 Å². The van der Waals surface area contributed by atoms with Gasteiger partial charge in [0.05, 0.1) is 11.6 Å². The van der Waals surface area contributed by atoms with Gasteiger partial charge >= 0.3 is 0 Å². The Morgan fingerprint density at radius 1 is 1.06 bits per heavy atom. The van der Waals surface area contributed by atoms with Gasteiger partial charge in [0, 0.05) is 11.1 Å². The van der Waals surface area contributed by atoms with Gasteiger partial charge in [0.15, 0.2) is 0 Å². The second-order valence-corrected chi connectivity index (χ2v) is 3.32. The van der Waals surface area contributed by atoms with E-state index in [0.29, 0.717) is 11.1 Å². The van der Waals surface area contributed by atoms with E-state index in [9.17, 15) is 9.50 Å². The van der Waals surface area contributed by atoms with Gasteiger partial charge in [-0.25, -0.2) is 4.39 Å². The van der Waals surface area contributed by atoms with Crippen molar-refractivity contribution in [2.75, 3.05) is 0 Å². The molecule has 0 radical (unpaired) electrons. The first-order chi connectivity index (χ1) is 7.72. The van der Waals surface area contributed by atoms with Crippen LogP contribution in [-0.2, 0) is 0 Å². The third-order valence-electron chi connectivity index (χ3n) is 2.29. The molecule has 3 heteroatoms. The molecule has 2 rings (SSSR count). The van der Waals surface area contributed by atoms with Gasteiger partial charge in [-0.2, -0.15) is 5.26 Å². The number of rotatable bonds is 1. The second-order valence-electron chi connectivity index (χ2n) is 3.32. The average molecular weight is 213 g/mol. The van der Waals surface area contributed by atoms with Crippen LogP contribution in [0.15, 0.2) is 42.5 Å². The smallest absolute Gasteiger partial charge is 0.131 e. The number of phenolic OH excluding ortho intramolecular Hbond substituents is 1. The molecule has 2 nitrogen and oxygen atoms in total. The molecule has 1 N–H and O–H groups in total. The Morgan fingerprint density at radius 2 is 1.81 bits per heavy atom. The summed E-state index contributed by atoms with van der Waals surface area (Å²) in [6.45, 7) is 0. The molecule has 0 aliphatic heterocycles. The molecule has 0 amide bonds. The monoisotopic (exact) mass is 213 g/mol. The van der Waals surface area contributed by atoms with Gasteiger partial charge in [-0.1, -0.05) is 18.2 Å². The molecule has 0 heterocycles. The number of nitrogens with zero attached hydrogens (tertiary/aromatic N) is 1. The lowest BCUT2D eigenvalue weighted by molar-refractivity contribution is 0.476. The van der Waals surface area contributed by atoms with Crippen LogP contribution in [-0.4, -0.2) is 5.11 Å². The van der Waals surface area contributed by atoms with Crippen LogP contribution in [0.1, 0.15) is 5.56 Å². The Balaban J connectivity index is 2.65. The van der Waals surface area contributed by atoms with Crippen LogP contribution in [0.2, 0.25) is 0 Å². The molecule has 0 spiro atoms. The molecule has 0 saturated carbocycles. The van der Waals surface area contributed by atoms with E-state index >= 15 is 0 Å². The predicted molar refractivity (Wildman–Crippen MR) is 58.2 cm³/mol. The largest absolute Gasteiger partial charge is 0.507 e. The summed E-state index contributed by atoms with van der Waals surface area (Å²) in [5.41, 5.74) is 1.00. The number of benzene rings is 2. The van der Waals surface area contributed by atoms with Crippen LogP contribution in [0.3, 0.4) is 0 Å². The first-order valence-electron chi connectivity index (χ1n) is 4.70. The lowest BCUT2D eigenvalue weighted by atomic mass is 10.0. The van der Waals surface area contributed by atoms with Crippen molar-refractivity contribution in [1.29, 1.82) is 5.26 Å². The molecule has 2 aromatic rings. The van der Waals surface area contributed by atoms with Crippen molar-refractivity contribution in [2.24, 2.45) is 0 Å². The molecule has 0 aromatic heterocycles. The maximum Gasteiger partial charge on any atom is 0.131 e. The molecule has 0 saturated heterocycles. The molecule has 78 valence electrons. The van der Waals surface area contributed by atoms with Crippen LogP contribution in [0.25, 0.3) is 11.1 Å². The highest BCUT2D eigenvalue weighted by Crippen LogP contribution is 2.31. The summed E-state index contributed by atoms with van der Waals surface area (Å²) in [6, 6.07) is 12.4. The summed E-state index contributed by atoms with van der Waals surface area (Å²) in [7, 11) is 0. The van der Waals surface area contributed by atoms with Gasteiger partial charge in [-0.3, -0.25) is 0 Å². The summed E-state index contributed by atoms with van der Waals surface area (Å²) < 4.78 is 13.5. The second kappa shape index (κ2) is 4.03. The number of hydrogen-bond acceptors (Lipinski definition) is 2. The number of halogens is 1. The summed E-state index contributed by atoms with van der Waals surface area (Å²) in [5.74, 6) is -0.461. The van der Waals surface area contributed by atoms with Gasteiger partial charge in [0.25, 0.3) is 0 Å². The normalized spacial score (nSPS) is 9.75. The Bertz CT molecular complexity index is 572. The zero-order chi connectivity index (χ0) is 11.5. The summed E-state index contributed by atoms with van der Waals surface area (Å²) >= 11 is 0. The highest BCUT2D eigenvalue weighted by molar-refractivity contribution is 5.72. The van der Waals surface area contributed by atoms with Crippen LogP contribution < -0.4 is 0 Å². The van der Waals surface area contributed by atoms with Crippen LogP contribution in [0, 0.1) is 17.1 Å². The fourth-order valence-electron chi connectivity index (χ4n) is 1.50. The molecule has 0 aliphatic carbocycles. The van der Waals surface area contributed by atoms with E-state index in [2.05, 4.69) is 0 Å². The Morgan fingerprint density at radius 3 is 2.50 bits per heavy atom. The number of nitriles is 1. The first kappa shape index (κ1) is 10.2. The SMILES string of the molecule is N#Cc1ccc(O)c(-c2ccccc2F)c1. The molecule has 0 fully saturated rings. The van der Waals surface area contributed by atoms with Crippen molar-refractivity contribution in [2.45, 2.75) is 0 Å². The predicted octanol–water partition coefficient (Wildman–Crippen LogP) is 3.07. The fourth-order valence-corrected chi connectivity index (χ4v) is 1.50. The minimum absolute atomic E-state index is 0.0379. The Hall–Kier alpha value is -2.34. The third-order valence-corrected chi connectivity index (χ3v) is 2.29. The van der Waals surface area contributed by atoms with Crippen LogP contribution in [0.4, 0.5) is 4.39 Å². The van der Waals surface area contributed by atoms with Gasteiger partial charge in [0.2, 0.25) is 0 Å². The molecule has 16 heavy (non-hydrogen) atoms. The van der Waals surface area contributed by atoms with E-state index in [1.165, 1.54) is 24.3 Å². The minimum Gasteiger partial charge on any atom is -0.507 e.